The Morgan fingerprint density at radius 1 is 1.26 bits per heavy atom. The SMILES string of the molecule is C=C1C=C[C@@]23CC[C@@]45C(C2)[C@]4(CCN13)c1cc(OC)ccc1N5C(=O)OC. The molecule has 3 heterocycles. The molecular formula is C22H24N2O3. The average Bonchev–Trinajstić information content (AvgIpc) is 3.09. The van der Waals surface area contributed by atoms with E-state index in [1.165, 1.54) is 12.7 Å². The number of hydrogen-bond acceptors (Lipinski definition) is 4. The molecule has 1 aromatic carbocycles. The van der Waals surface area contributed by atoms with Crippen LogP contribution in [0.15, 0.2) is 42.6 Å². The van der Waals surface area contributed by atoms with Crippen molar-refractivity contribution < 1.29 is 14.3 Å². The summed E-state index contributed by atoms with van der Waals surface area (Å²) < 4.78 is 10.8. The highest BCUT2D eigenvalue weighted by Gasteiger charge is 2.86. The van der Waals surface area contributed by atoms with Crippen molar-refractivity contribution >= 4 is 11.8 Å². The third-order valence-corrected chi connectivity index (χ3v) is 8.24. The van der Waals surface area contributed by atoms with Gasteiger partial charge in [-0.15, -0.1) is 0 Å². The van der Waals surface area contributed by atoms with Crippen molar-refractivity contribution in [2.45, 2.75) is 42.2 Å². The highest BCUT2D eigenvalue weighted by Crippen LogP contribution is 2.81. The second kappa shape index (κ2) is 4.51. The normalized spacial score (nSPS) is 39.5. The third-order valence-electron chi connectivity index (χ3n) is 8.24. The first-order valence-electron chi connectivity index (χ1n) is 9.77. The van der Waals surface area contributed by atoms with Crippen molar-refractivity contribution in [3.8, 4) is 5.75 Å². The van der Waals surface area contributed by atoms with Gasteiger partial charge >= 0.3 is 6.09 Å². The molecule has 3 fully saturated rings. The zero-order valence-corrected chi connectivity index (χ0v) is 15.8. The molecule has 1 amide bonds. The number of hydrogen-bond donors (Lipinski definition) is 0. The lowest BCUT2D eigenvalue weighted by Gasteiger charge is -2.46. The van der Waals surface area contributed by atoms with Crippen molar-refractivity contribution in [3.05, 3.63) is 48.2 Å². The lowest BCUT2D eigenvalue weighted by atomic mass is 9.78. The molecule has 1 saturated heterocycles. The van der Waals surface area contributed by atoms with Crippen molar-refractivity contribution in [1.29, 1.82) is 0 Å². The van der Waals surface area contributed by atoms with E-state index in [4.69, 9.17) is 9.47 Å². The van der Waals surface area contributed by atoms with Crippen molar-refractivity contribution in [1.82, 2.24) is 4.90 Å². The Hall–Kier alpha value is -2.43. The number of benzene rings is 1. The van der Waals surface area contributed by atoms with E-state index in [1.807, 2.05) is 17.0 Å². The summed E-state index contributed by atoms with van der Waals surface area (Å²) in [6.45, 7) is 5.26. The summed E-state index contributed by atoms with van der Waals surface area (Å²) in [6, 6.07) is 6.14. The minimum Gasteiger partial charge on any atom is -0.497 e. The molecule has 4 atom stereocenters. The molecular weight excluding hydrogens is 340 g/mol. The van der Waals surface area contributed by atoms with Crippen LogP contribution < -0.4 is 9.64 Å². The standard InChI is InChI=1S/C22H24N2O3/c1-14-6-7-20-8-9-22-18(13-20)21(22,10-11-23(14)20)16-12-15(26-2)4-5-17(16)24(22)19(25)27-3/h4-7,12,18H,1,8-11,13H2,2-3H3/t18?,20-,21+,22-/m1/s1. The maximum absolute atomic E-state index is 12.9. The fraction of sp³-hybridized carbons (Fsp3) is 0.500. The second-order valence-electron chi connectivity index (χ2n) is 8.67. The van der Waals surface area contributed by atoms with Crippen LogP contribution in [0.25, 0.3) is 0 Å². The van der Waals surface area contributed by atoms with Crippen LogP contribution in [0.5, 0.6) is 5.75 Å². The van der Waals surface area contributed by atoms with E-state index >= 15 is 0 Å². The van der Waals surface area contributed by atoms with Crippen LogP contribution >= 0.6 is 0 Å². The summed E-state index contributed by atoms with van der Waals surface area (Å²) in [4.78, 5) is 17.4. The lowest BCUT2D eigenvalue weighted by Crippen LogP contribution is -2.53. The first-order valence-corrected chi connectivity index (χ1v) is 9.77. The van der Waals surface area contributed by atoms with E-state index in [0.717, 1.165) is 49.4 Å². The van der Waals surface area contributed by atoms with Gasteiger partial charge in [0.15, 0.2) is 0 Å². The van der Waals surface area contributed by atoms with Crippen molar-refractivity contribution in [2.24, 2.45) is 5.92 Å². The average molecular weight is 364 g/mol. The van der Waals surface area contributed by atoms with Gasteiger partial charge in [0.1, 0.15) is 5.75 Å². The van der Waals surface area contributed by atoms with E-state index in [2.05, 4.69) is 29.7 Å². The predicted molar refractivity (Wildman–Crippen MR) is 102 cm³/mol. The maximum atomic E-state index is 12.9. The van der Waals surface area contributed by atoms with Gasteiger partial charge in [-0.25, -0.2) is 4.79 Å². The van der Waals surface area contributed by atoms with Gasteiger partial charge in [0.05, 0.1) is 31.0 Å². The molecule has 5 heteroatoms. The molecule has 5 nitrogen and oxygen atoms in total. The fourth-order valence-corrected chi connectivity index (χ4v) is 7.22. The maximum Gasteiger partial charge on any atom is 0.414 e. The Bertz CT molecular complexity index is 939. The first-order chi connectivity index (χ1) is 13.0. The predicted octanol–water partition coefficient (Wildman–Crippen LogP) is 3.60. The van der Waals surface area contributed by atoms with Crippen LogP contribution in [0.2, 0.25) is 0 Å². The largest absolute Gasteiger partial charge is 0.497 e. The van der Waals surface area contributed by atoms with Crippen LogP contribution in [0.3, 0.4) is 0 Å². The highest BCUT2D eigenvalue weighted by atomic mass is 16.5. The van der Waals surface area contributed by atoms with Crippen LogP contribution in [0.4, 0.5) is 10.5 Å². The van der Waals surface area contributed by atoms with Gasteiger partial charge in [-0.3, -0.25) is 4.90 Å². The quantitative estimate of drug-likeness (QED) is 0.764. The van der Waals surface area contributed by atoms with Crippen molar-refractivity contribution in [3.63, 3.8) is 0 Å². The van der Waals surface area contributed by atoms with Crippen LogP contribution in [-0.4, -0.2) is 42.8 Å². The van der Waals surface area contributed by atoms with E-state index in [1.54, 1.807) is 7.11 Å². The highest BCUT2D eigenvalue weighted by molar-refractivity contribution is 5.97. The Kier molecular flexibility index (Phi) is 2.61. The number of methoxy groups -OCH3 is 2. The Labute approximate surface area is 159 Å². The molecule has 0 N–H and O–H groups in total. The first kappa shape index (κ1) is 15.6. The summed E-state index contributed by atoms with van der Waals surface area (Å²) in [5.74, 6) is 1.32. The Morgan fingerprint density at radius 3 is 2.89 bits per heavy atom. The van der Waals surface area contributed by atoms with Gasteiger partial charge in [-0.05, 0) is 61.4 Å². The molecule has 3 aliphatic heterocycles. The number of fused-ring (bicyclic) bond motifs is 1. The topological polar surface area (TPSA) is 42.0 Å². The molecule has 3 spiro atoms. The zero-order valence-electron chi connectivity index (χ0n) is 15.8. The number of nitrogens with zero attached hydrogens (tertiary/aromatic N) is 2. The van der Waals surface area contributed by atoms with E-state index in [9.17, 15) is 4.79 Å². The number of anilines is 1. The Morgan fingerprint density at radius 2 is 2.11 bits per heavy atom. The lowest BCUT2D eigenvalue weighted by molar-refractivity contribution is 0.125. The number of amides is 1. The number of carbonyl (C=O) groups is 1. The molecule has 1 unspecified atom stereocenters. The third kappa shape index (κ3) is 1.43. The van der Waals surface area contributed by atoms with Crippen molar-refractivity contribution in [2.75, 3.05) is 25.7 Å². The van der Waals surface area contributed by atoms with Crippen LogP contribution in [0, 0.1) is 5.92 Å². The molecule has 5 aliphatic rings. The summed E-state index contributed by atoms with van der Waals surface area (Å²) >= 11 is 0. The Balaban J connectivity index is 1.56. The summed E-state index contributed by atoms with van der Waals surface area (Å²) in [7, 11) is 3.19. The molecule has 2 saturated carbocycles. The fourth-order valence-electron chi connectivity index (χ4n) is 7.22. The molecule has 0 aromatic heterocycles. The van der Waals surface area contributed by atoms with Crippen LogP contribution in [-0.2, 0) is 10.2 Å². The molecule has 2 bridgehead atoms. The van der Waals surface area contributed by atoms with Gasteiger partial charge in [0, 0.05) is 17.7 Å². The molecule has 140 valence electrons. The minimum absolute atomic E-state index is 0.00697. The number of carbonyl (C=O) groups excluding carboxylic acids is 1. The summed E-state index contributed by atoms with van der Waals surface area (Å²) in [5, 5.41) is 0. The number of rotatable bonds is 1. The molecule has 0 radical (unpaired) electrons. The monoisotopic (exact) mass is 364 g/mol. The minimum atomic E-state index is -0.231. The van der Waals surface area contributed by atoms with Gasteiger partial charge in [0.2, 0.25) is 0 Å². The van der Waals surface area contributed by atoms with Gasteiger partial charge < -0.3 is 14.4 Å². The summed E-state index contributed by atoms with van der Waals surface area (Å²) in [6.07, 6.45) is 8.48. The molecule has 27 heavy (non-hydrogen) atoms. The molecule has 1 aromatic rings. The van der Waals surface area contributed by atoms with Gasteiger partial charge in [0.25, 0.3) is 0 Å². The molecule has 2 aliphatic carbocycles. The zero-order chi connectivity index (χ0) is 18.6. The molecule has 6 rings (SSSR count). The van der Waals surface area contributed by atoms with Gasteiger partial charge in [-0.2, -0.15) is 0 Å². The van der Waals surface area contributed by atoms with Gasteiger partial charge in [-0.1, -0.05) is 12.7 Å². The number of allylic oxidation sites excluding steroid dienone is 1. The van der Waals surface area contributed by atoms with E-state index < -0.39 is 0 Å². The van der Waals surface area contributed by atoms with E-state index in [-0.39, 0.29) is 22.6 Å². The number of ether oxygens (including phenoxy) is 2. The summed E-state index contributed by atoms with van der Waals surface area (Å²) in [5.41, 5.74) is 3.36. The second-order valence-corrected chi connectivity index (χ2v) is 8.67. The van der Waals surface area contributed by atoms with Crippen LogP contribution in [0.1, 0.15) is 31.2 Å². The van der Waals surface area contributed by atoms with E-state index in [0.29, 0.717) is 5.92 Å². The smallest absolute Gasteiger partial charge is 0.414 e.